The second-order valence-corrected chi connectivity index (χ2v) is 6.62. The number of hydrogen-bond acceptors (Lipinski definition) is 3. The highest BCUT2D eigenvalue weighted by Crippen LogP contribution is 2.26. The van der Waals surface area contributed by atoms with Crippen molar-refractivity contribution in [1.82, 2.24) is 4.98 Å². The van der Waals surface area contributed by atoms with Crippen molar-refractivity contribution in [2.24, 2.45) is 0 Å². The van der Waals surface area contributed by atoms with E-state index >= 15 is 0 Å². The van der Waals surface area contributed by atoms with E-state index in [1.54, 1.807) is 6.92 Å². The Bertz CT molecular complexity index is 355. The molecule has 5 heteroatoms. The summed E-state index contributed by atoms with van der Waals surface area (Å²) >= 11 is 4.67. The molecule has 0 aliphatic rings. The van der Waals surface area contributed by atoms with Crippen LogP contribution in [0, 0.1) is 0 Å². The molecule has 0 fully saturated rings. The van der Waals surface area contributed by atoms with Crippen LogP contribution in [0.1, 0.15) is 33.4 Å². The van der Waals surface area contributed by atoms with Crippen molar-refractivity contribution in [3.05, 3.63) is 11.1 Å². The number of anilines is 1. The van der Waals surface area contributed by atoms with Crippen LogP contribution in [-0.4, -0.2) is 15.7 Å². The SMILES string of the molecule is CC(Br)C(=O)Nc1nc(C(C)(C)C)cs1. The van der Waals surface area contributed by atoms with Crippen LogP contribution in [0.4, 0.5) is 5.13 Å². The van der Waals surface area contributed by atoms with Gasteiger partial charge in [-0.1, -0.05) is 36.7 Å². The van der Waals surface area contributed by atoms with Crippen molar-refractivity contribution >= 4 is 38.3 Å². The topological polar surface area (TPSA) is 42.0 Å². The molecule has 1 N–H and O–H groups in total. The molecule has 0 bridgehead atoms. The molecule has 0 saturated carbocycles. The van der Waals surface area contributed by atoms with Gasteiger partial charge in [-0.05, 0) is 6.92 Å². The molecule has 0 aliphatic heterocycles. The maximum absolute atomic E-state index is 11.4. The van der Waals surface area contributed by atoms with Crippen LogP contribution in [0.3, 0.4) is 0 Å². The van der Waals surface area contributed by atoms with E-state index in [0.29, 0.717) is 5.13 Å². The van der Waals surface area contributed by atoms with Crippen LogP contribution < -0.4 is 5.32 Å². The Kier molecular flexibility index (Phi) is 3.89. The monoisotopic (exact) mass is 290 g/mol. The van der Waals surface area contributed by atoms with E-state index in [0.717, 1.165) is 5.69 Å². The number of nitrogens with zero attached hydrogens (tertiary/aromatic N) is 1. The first-order valence-corrected chi connectivity index (χ1v) is 6.51. The third-order valence-corrected chi connectivity index (χ3v) is 3.04. The third-order valence-electron chi connectivity index (χ3n) is 1.86. The first-order chi connectivity index (χ1) is 6.80. The van der Waals surface area contributed by atoms with E-state index in [4.69, 9.17) is 0 Å². The zero-order valence-electron chi connectivity index (χ0n) is 9.30. The Balaban J connectivity index is 2.73. The maximum Gasteiger partial charge on any atom is 0.239 e. The van der Waals surface area contributed by atoms with Gasteiger partial charge in [0.15, 0.2) is 5.13 Å². The zero-order chi connectivity index (χ0) is 11.6. The number of hydrogen-bond donors (Lipinski definition) is 1. The summed E-state index contributed by atoms with van der Waals surface area (Å²) in [4.78, 5) is 15.6. The molecule has 15 heavy (non-hydrogen) atoms. The van der Waals surface area contributed by atoms with Crippen molar-refractivity contribution in [1.29, 1.82) is 0 Å². The Morgan fingerprint density at radius 3 is 2.60 bits per heavy atom. The molecule has 1 atom stereocenters. The summed E-state index contributed by atoms with van der Waals surface area (Å²) in [6.45, 7) is 8.08. The van der Waals surface area contributed by atoms with Crippen LogP contribution in [0.25, 0.3) is 0 Å². The summed E-state index contributed by atoms with van der Waals surface area (Å²) in [7, 11) is 0. The Labute approximate surface area is 102 Å². The fourth-order valence-corrected chi connectivity index (χ4v) is 1.94. The number of nitrogens with one attached hydrogen (secondary N) is 1. The number of amides is 1. The fraction of sp³-hybridized carbons (Fsp3) is 0.600. The largest absolute Gasteiger partial charge is 0.301 e. The summed E-state index contributed by atoms with van der Waals surface area (Å²) in [6.07, 6.45) is 0. The lowest BCUT2D eigenvalue weighted by Gasteiger charge is -2.14. The molecule has 0 aromatic carbocycles. The minimum atomic E-state index is -0.195. The molecule has 0 saturated heterocycles. The average molecular weight is 291 g/mol. The lowest BCUT2D eigenvalue weighted by Crippen LogP contribution is -2.20. The summed E-state index contributed by atoms with van der Waals surface area (Å²) in [5.74, 6) is -0.0650. The van der Waals surface area contributed by atoms with Crippen LogP contribution in [0.2, 0.25) is 0 Å². The molecular weight excluding hydrogens is 276 g/mol. The van der Waals surface area contributed by atoms with E-state index in [9.17, 15) is 4.79 Å². The van der Waals surface area contributed by atoms with Gasteiger partial charge in [0.05, 0.1) is 10.5 Å². The van der Waals surface area contributed by atoms with Gasteiger partial charge in [0.1, 0.15) is 0 Å². The summed E-state index contributed by atoms with van der Waals surface area (Å²) in [6, 6.07) is 0. The van der Waals surface area contributed by atoms with E-state index < -0.39 is 0 Å². The first kappa shape index (κ1) is 12.6. The van der Waals surface area contributed by atoms with Crippen LogP contribution >= 0.6 is 27.3 Å². The number of alkyl halides is 1. The molecule has 0 radical (unpaired) electrons. The van der Waals surface area contributed by atoms with Crippen molar-refractivity contribution in [2.75, 3.05) is 5.32 Å². The van der Waals surface area contributed by atoms with E-state index in [1.807, 2.05) is 5.38 Å². The second-order valence-electron chi connectivity index (χ2n) is 4.39. The molecule has 3 nitrogen and oxygen atoms in total. The summed E-state index contributed by atoms with van der Waals surface area (Å²) in [5.41, 5.74) is 1.03. The molecule has 1 unspecified atom stereocenters. The van der Waals surface area contributed by atoms with E-state index in [2.05, 4.69) is 47.0 Å². The molecular formula is C10H15BrN2OS. The predicted octanol–water partition coefficient (Wildman–Crippen LogP) is 3.16. The predicted molar refractivity (Wildman–Crippen MR) is 67.8 cm³/mol. The smallest absolute Gasteiger partial charge is 0.239 e. The lowest BCUT2D eigenvalue weighted by atomic mass is 9.93. The third kappa shape index (κ3) is 3.57. The van der Waals surface area contributed by atoms with Crippen molar-refractivity contribution in [3.8, 4) is 0 Å². The van der Waals surface area contributed by atoms with Gasteiger partial charge in [-0.3, -0.25) is 4.79 Å². The first-order valence-electron chi connectivity index (χ1n) is 4.71. The standard InChI is InChI=1S/C10H15BrN2OS/c1-6(11)8(14)13-9-12-7(5-15-9)10(2,3)4/h5-6H,1-4H3,(H,12,13,14). The lowest BCUT2D eigenvalue weighted by molar-refractivity contribution is -0.115. The number of aromatic nitrogens is 1. The maximum atomic E-state index is 11.4. The summed E-state index contributed by atoms with van der Waals surface area (Å²) < 4.78 is 0. The van der Waals surface area contributed by atoms with E-state index in [-0.39, 0.29) is 16.1 Å². The number of carbonyl (C=O) groups is 1. The second kappa shape index (κ2) is 4.61. The molecule has 1 rings (SSSR count). The minimum absolute atomic E-state index is 0.0273. The number of carbonyl (C=O) groups excluding carboxylic acids is 1. The van der Waals surface area contributed by atoms with Gasteiger partial charge in [-0.2, -0.15) is 0 Å². The number of rotatable bonds is 2. The van der Waals surface area contributed by atoms with Gasteiger partial charge in [0, 0.05) is 10.8 Å². The number of thiazole rings is 1. The Hall–Kier alpha value is -0.420. The van der Waals surface area contributed by atoms with Crippen molar-refractivity contribution < 1.29 is 4.79 Å². The van der Waals surface area contributed by atoms with E-state index in [1.165, 1.54) is 11.3 Å². The van der Waals surface area contributed by atoms with Crippen LogP contribution in [-0.2, 0) is 10.2 Å². The minimum Gasteiger partial charge on any atom is -0.301 e. The quantitative estimate of drug-likeness (QED) is 0.850. The van der Waals surface area contributed by atoms with Crippen molar-refractivity contribution in [2.45, 2.75) is 37.9 Å². The highest BCUT2D eigenvalue weighted by Gasteiger charge is 2.18. The Morgan fingerprint density at radius 2 is 2.20 bits per heavy atom. The van der Waals surface area contributed by atoms with Crippen LogP contribution in [0.5, 0.6) is 0 Å². The summed E-state index contributed by atoms with van der Waals surface area (Å²) in [5, 5.41) is 5.40. The van der Waals surface area contributed by atoms with Crippen LogP contribution in [0.15, 0.2) is 5.38 Å². The van der Waals surface area contributed by atoms with Gasteiger partial charge >= 0.3 is 0 Å². The van der Waals surface area contributed by atoms with Gasteiger partial charge in [0.2, 0.25) is 5.91 Å². The molecule has 1 aromatic heterocycles. The molecule has 0 aliphatic carbocycles. The average Bonchev–Trinajstić information content (AvgIpc) is 2.51. The van der Waals surface area contributed by atoms with Gasteiger partial charge < -0.3 is 5.32 Å². The zero-order valence-corrected chi connectivity index (χ0v) is 11.7. The molecule has 1 aromatic rings. The highest BCUT2D eigenvalue weighted by molar-refractivity contribution is 9.10. The highest BCUT2D eigenvalue weighted by atomic mass is 79.9. The molecule has 1 amide bonds. The molecule has 0 spiro atoms. The molecule has 84 valence electrons. The Morgan fingerprint density at radius 1 is 1.60 bits per heavy atom. The van der Waals surface area contributed by atoms with Gasteiger partial charge in [-0.25, -0.2) is 4.98 Å². The van der Waals surface area contributed by atoms with Gasteiger partial charge in [-0.15, -0.1) is 11.3 Å². The fourth-order valence-electron chi connectivity index (χ4n) is 0.880. The van der Waals surface area contributed by atoms with Gasteiger partial charge in [0.25, 0.3) is 0 Å². The number of halogens is 1. The molecule has 1 heterocycles. The van der Waals surface area contributed by atoms with Crippen molar-refractivity contribution in [3.63, 3.8) is 0 Å². The normalized spacial score (nSPS) is 13.7.